The highest BCUT2D eigenvalue weighted by Gasteiger charge is 2.08. The van der Waals surface area contributed by atoms with E-state index in [4.69, 9.17) is 5.73 Å². The van der Waals surface area contributed by atoms with E-state index < -0.39 is 0 Å². The van der Waals surface area contributed by atoms with E-state index in [9.17, 15) is 0 Å². The van der Waals surface area contributed by atoms with Crippen molar-refractivity contribution >= 4 is 11.8 Å². The predicted molar refractivity (Wildman–Crippen MR) is 94.0 cm³/mol. The summed E-state index contributed by atoms with van der Waals surface area (Å²) in [6.45, 7) is 6.61. The van der Waals surface area contributed by atoms with Gasteiger partial charge in [-0.1, -0.05) is 57.2 Å². The molecule has 2 N–H and O–H groups in total. The van der Waals surface area contributed by atoms with Crippen LogP contribution in [0.15, 0.2) is 53.4 Å². The number of benzene rings is 2. The van der Waals surface area contributed by atoms with E-state index in [0.29, 0.717) is 5.92 Å². The lowest BCUT2D eigenvalue weighted by Crippen LogP contribution is -2.13. The Morgan fingerprint density at radius 3 is 2.00 bits per heavy atom. The Morgan fingerprint density at radius 1 is 0.905 bits per heavy atom. The van der Waals surface area contributed by atoms with E-state index in [1.807, 2.05) is 11.8 Å². The monoisotopic (exact) mass is 299 g/mol. The Bertz CT molecular complexity index is 543. The van der Waals surface area contributed by atoms with Gasteiger partial charge in [-0.3, -0.25) is 0 Å². The van der Waals surface area contributed by atoms with Crippen LogP contribution < -0.4 is 5.73 Å². The van der Waals surface area contributed by atoms with Gasteiger partial charge in [-0.25, -0.2) is 0 Å². The molecule has 0 aliphatic rings. The quantitative estimate of drug-likeness (QED) is 0.745. The molecular weight excluding hydrogens is 274 g/mol. The normalized spacial score (nSPS) is 12.6. The van der Waals surface area contributed by atoms with E-state index >= 15 is 0 Å². The third-order valence-corrected chi connectivity index (χ3v) is 4.62. The lowest BCUT2D eigenvalue weighted by atomic mass is 9.97. The van der Waals surface area contributed by atoms with Crippen LogP contribution in [0, 0.1) is 0 Å². The second-order valence-corrected chi connectivity index (χ2v) is 7.05. The smallest absolute Gasteiger partial charge is 0.0335 e. The Morgan fingerprint density at radius 2 is 1.48 bits per heavy atom. The SMILES string of the molecule is CCSc1ccc(C(N)Cc2ccc(C(C)C)cc2)cc1. The van der Waals surface area contributed by atoms with Gasteiger partial charge >= 0.3 is 0 Å². The molecule has 0 aromatic heterocycles. The van der Waals surface area contributed by atoms with Gasteiger partial charge < -0.3 is 5.73 Å². The van der Waals surface area contributed by atoms with E-state index in [2.05, 4.69) is 69.3 Å². The second-order valence-electron chi connectivity index (χ2n) is 5.71. The summed E-state index contributed by atoms with van der Waals surface area (Å²) >= 11 is 1.86. The molecule has 0 radical (unpaired) electrons. The summed E-state index contributed by atoms with van der Waals surface area (Å²) in [7, 11) is 0. The van der Waals surface area contributed by atoms with Gasteiger partial charge in [-0.2, -0.15) is 0 Å². The third kappa shape index (κ3) is 4.62. The van der Waals surface area contributed by atoms with Gasteiger partial charge in [0.25, 0.3) is 0 Å². The van der Waals surface area contributed by atoms with Crippen molar-refractivity contribution in [3.8, 4) is 0 Å². The molecule has 21 heavy (non-hydrogen) atoms. The highest BCUT2D eigenvalue weighted by Crippen LogP contribution is 2.22. The molecule has 1 nitrogen and oxygen atoms in total. The third-order valence-electron chi connectivity index (χ3n) is 3.72. The molecule has 112 valence electrons. The van der Waals surface area contributed by atoms with Crippen molar-refractivity contribution in [1.82, 2.24) is 0 Å². The maximum absolute atomic E-state index is 6.34. The molecule has 2 rings (SSSR count). The van der Waals surface area contributed by atoms with Gasteiger partial charge in [0, 0.05) is 10.9 Å². The Kier molecular flexibility index (Phi) is 5.89. The minimum atomic E-state index is 0.0653. The zero-order valence-electron chi connectivity index (χ0n) is 13.2. The van der Waals surface area contributed by atoms with Crippen LogP contribution >= 0.6 is 11.8 Å². The van der Waals surface area contributed by atoms with Crippen LogP contribution in [-0.2, 0) is 6.42 Å². The summed E-state index contributed by atoms with van der Waals surface area (Å²) in [5.41, 5.74) is 10.2. The average Bonchev–Trinajstić information content (AvgIpc) is 2.49. The molecule has 0 amide bonds. The number of hydrogen-bond donors (Lipinski definition) is 1. The van der Waals surface area contributed by atoms with E-state index in [1.165, 1.54) is 21.6 Å². The summed E-state index contributed by atoms with van der Waals surface area (Å²) in [4.78, 5) is 1.31. The maximum atomic E-state index is 6.34. The molecule has 0 spiro atoms. The van der Waals surface area contributed by atoms with Crippen molar-refractivity contribution in [2.45, 2.75) is 44.0 Å². The molecular formula is C19H25NS. The van der Waals surface area contributed by atoms with E-state index in [1.54, 1.807) is 0 Å². The van der Waals surface area contributed by atoms with Gasteiger partial charge in [0.05, 0.1) is 0 Å². The average molecular weight is 299 g/mol. The van der Waals surface area contributed by atoms with Crippen LogP contribution in [0.25, 0.3) is 0 Å². The summed E-state index contributed by atoms with van der Waals surface area (Å²) in [5, 5.41) is 0. The Labute approximate surface area is 133 Å². The Hall–Kier alpha value is -1.25. The summed E-state index contributed by atoms with van der Waals surface area (Å²) in [6.07, 6.45) is 0.888. The van der Waals surface area contributed by atoms with Crippen LogP contribution in [-0.4, -0.2) is 5.75 Å². The zero-order chi connectivity index (χ0) is 15.2. The topological polar surface area (TPSA) is 26.0 Å². The number of hydrogen-bond acceptors (Lipinski definition) is 2. The van der Waals surface area contributed by atoms with Crippen LogP contribution in [0.1, 0.15) is 49.4 Å². The number of rotatable bonds is 6. The fraction of sp³-hybridized carbons (Fsp3) is 0.368. The van der Waals surface area contributed by atoms with Crippen LogP contribution in [0.4, 0.5) is 0 Å². The minimum absolute atomic E-state index is 0.0653. The van der Waals surface area contributed by atoms with Gasteiger partial charge in [0.2, 0.25) is 0 Å². The largest absolute Gasteiger partial charge is 0.324 e. The first-order valence-corrected chi connectivity index (χ1v) is 8.66. The first-order chi connectivity index (χ1) is 10.1. The molecule has 0 bridgehead atoms. The zero-order valence-corrected chi connectivity index (χ0v) is 14.0. The molecule has 2 aromatic rings. The standard InChI is InChI=1S/C19H25NS/c1-4-21-18-11-9-17(10-12-18)19(20)13-15-5-7-16(8-6-15)14(2)3/h5-12,14,19H,4,13,20H2,1-3H3. The van der Waals surface area contributed by atoms with Gasteiger partial charge in [-0.05, 0) is 46.9 Å². The van der Waals surface area contributed by atoms with Crippen molar-refractivity contribution in [2.24, 2.45) is 5.73 Å². The Balaban J connectivity index is 2.01. The van der Waals surface area contributed by atoms with Crippen LogP contribution in [0.3, 0.4) is 0 Å². The van der Waals surface area contributed by atoms with Gasteiger partial charge in [0.1, 0.15) is 0 Å². The van der Waals surface area contributed by atoms with Crippen molar-refractivity contribution < 1.29 is 0 Å². The molecule has 2 aromatic carbocycles. The molecule has 0 saturated heterocycles. The van der Waals surface area contributed by atoms with E-state index in [-0.39, 0.29) is 6.04 Å². The molecule has 0 aliphatic heterocycles. The second kappa shape index (κ2) is 7.67. The molecule has 0 aliphatic carbocycles. The molecule has 0 fully saturated rings. The van der Waals surface area contributed by atoms with Crippen molar-refractivity contribution in [3.63, 3.8) is 0 Å². The summed E-state index contributed by atoms with van der Waals surface area (Å²) in [6, 6.07) is 17.6. The fourth-order valence-corrected chi connectivity index (χ4v) is 3.05. The van der Waals surface area contributed by atoms with Crippen LogP contribution in [0.5, 0.6) is 0 Å². The molecule has 1 unspecified atom stereocenters. The first-order valence-electron chi connectivity index (χ1n) is 7.67. The number of nitrogens with two attached hydrogens (primary N) is 1. The van der Waals surface area contributed by atoms with Gasteiger partial charge in [0.15, 0.2) is 0 Å². The number of thioether (sulfide) groups is 1. The lowest BCUT2D eigenvalue weighted by molar-refractivity contribution is 0.720. The molecule has 2 heteroatoms. The predicted octanol–water partition coefficient (Wildman–Crippen LogP) is 5.16. The minimum Gasteiger partial charge on any atom is -0.324 e. The van der Waals surface area contributed by atoms with Crippen molar-refractivity contribution in [3.05, 3.63) is 65.2 Å². The van der Waals surface area contributed by atoms with E-state index in [0.717, 1.165) is 12.2 Å². The maximum Gasteiger partial charge on any atom is 0.0335 e. The molecule has 0 heterocycles. The van der Waals surface area contributed by atoms with Gasteiger partial charge in [-0.15, -0.1) is 11.8 Å². The summed E-state index contributed by atoms with van der Waals surface area (Å²) in [5.74, 6) is 1.68. The summed E-state index contributed by atoms with van der Waals surface area (Å²) < 4.78 is 0. The fourth-order valence-electron chi connectivity index (χ4n) is 2.39. The first kappa shape index (κ1) is 16.1. The molecule has 0 saturated carbocycles. The van der Waals surface area contributed by atoms with Crippen molar-refractivity contribution in [1.29, 1.82) is 0 Å². The highest BCUT2D eigenvalue weighted by molar-refractivity contribution is 7.99. The molecule has 1 atom stereocenters. The lowest BCUT2D eigenvalue weighted by Gasteiger charge is -2.14. The van der Waals surface area contributed by atoms with Crippen LogP contribution in [0.2, 0.25) is 0 Å². The highest BCUT2D eigenvalue weighted by atomic mass is 32.2. The van der Waals surface area contributed by atoms with Crippen molar-refractivity contribution in [2.75, 3.05) is 5.75 Å².